The number of piperazine rings is 1. The Bertz CT molecular complexity index is 445. The summed E-state index contributed by atoms with van der Waals surface area (Å²) in [4.78, 5) is 16.9. The van der Waals surface area contributed by atoms with Crippen LogP contribution in [0.1, 0.15) is 23.2 Å². The lowest BCUT2D eigenvalue weighted by atomic mass is 10.1. The molecule has 1 saturated carbocycles. The van der Waals surface area contributed by atoms with Crippen molar-refractivity contribution in [2.24, 2.45) is 0 Å². The Morgan fingerprint density at radius 2 is 1.74 bits per heavy atom. The molecule has 102 valence electrons. The molecule has 0 unspecified atom stereocenters. The monoisotopic (exact) mass is 259 g/mol. The fraction of sp³-hybridized carbons (Fsp3) is 0.533. The minimum absolute atomic E-state index is 0.165. The number of carbonyl (C=O) groups is 1. The van der Waals surface area contributed by atoms with Gasteiger partial charge in [-0.3, -0.25) is 9.69 Å². The van der Waals surface area contributed by atoms with Crippen LogP contribution in [-0.4, -0.2) is 55.0 Å². The maximum atomic E-state index is 12.4. The summed E-state index contributed by atoms with van der Waals surface area (Å²) in [6.07, 6.45) is 2.69. The van der Waals surface area contributed by atoms with Crippen molar-refractivity contribution >= 4 is 11.6 Å². The molecule has 4 nitrogen and oxygen atoms in total. The second-order valence-electron chi connectivity index (χ2n) is 5.39. The minimum Gasteiger partial charge on any atom is -0.388 e. The molecule has 1 aliphatic heterocycles. The van der Waals surface area contributed by atoms with Crippen molar-refractivity contribution in [1.82, 2.24) is 9.80 Å². The van der Waals surface area contributed by atoms with Crippen LogP contribution in [0.25, 0.3) is 0 Å². The highest BCUT2D eigenvalue weighted by Crippen LogP contribution is 2.27. The zero-order valence-corrected chi connectivity index (χ0v) is 11.4. The van der Waals surface area contributed by atoms with Crippen LogP contribution in [0.2, 0.25) is 0 Å². The standard InChI is InChI=1S/C15H21N3O/c1-16-13-4-2-12(3-5-13)15(19)18-10-8-17(9-11-18)14-6-7-14/h2-5,14,16H,6-11H2,1H3. The van der Waals surface area contributed by atoms with Crippen molar-refractivity contribution in [3.8, 4) is 0 Å². The lowest BCUT2D eigenvalue weighted by molar-refractivity contribution is 0.0627. The zero-order valence-electron chi connectivity index (χ0n) is 11.4. The van der Waals surface area contributed by atoms with Crippen LogP contribution in [0, 0.1) is 0 Å². The van der Waals surface area contributed by atoms with Crippen molar-refractivity contribution < 1.29 is 4.79 Å². The number of hydrogen-bond acceptors (Lipinski definition) is 3. The first-order valence-electron chi connectivity index (χ1n) is 7.09. The summed E-state index contributed by atoms with van der Waals surface area (Å²) >= 11 is 0. The van der Waals surface area contributed by atoms with E-state index in [2.05, 4.69) is 10.2 Å². The van der Waals surface area contributed by atoms with E-state index < -0.39 is 0 Å². The second-order valence-corrected chi connectivity index (χ2v) is 5.39. The van der Waals surface area contributed by atoms with Crippen LogP contribution >= 0.6 is 0 Å². The summed E-state index contributed by atoms with van der Waals surface area (Å²) in [6.45, 7) is 3.79. The molecule has 1 N–H and O–H groups in total. The highest BCUT2D eigenvalue weighted by Gasteiger charge is 2.32. The van der Waals surface area contributed by atoms with Crippen LogP contribution in [0.5, 0.6) is 0 Å². The molecule has 1 aromatic rings. The van der Waals surface area contributed by atoms with Crippen LogP contribution in [0.15, 0.2) is 24.3 Å². The Hall–Kier alpha value is -1.55. The Labute approximate surface area is 114 Å². The largest absolute Gasteiger partial charge is 0.388 e. The van der Waals surface area contributed by atoms with E-state index in [1.54, 1.807) is 0 Å². The van der Waals surface area contributed by atoms with Gasteiger partial charge in [0.15, 0.2) is 0 Å². The van der Waals surface area contributed by atoms with E-state index in [0.717, 1.165) is 43.5 Å². The molecular formula is C15H21N3O. The third-order valence-electron chi connectivity index (χ3n) is 4.09. The van der Waals surface area contributed by atoms with E-state index in [4.69, 9.17) is 0 Å². The Morgan fingerprint density at radius 1 is 1.11 bits per heavy atom. The van der Waals surface area contributed by atoms with Crippen LogP contribution in [0.3, 0.4) is 0 Å². The lowest BCUT2D eigenvalue weighted by Gasteiger charge is -2.34. The van der Waals surface area contributed by atoms with Crippen molar-refractivity contribution in [3.63, 3.8) is 0 Å². The van der Waals surface area contributed by atoms with Gasteiger partial charge in [0.1, 0.15) is 0 Å². The normalized spacial score (nSPS) is 20.4. The third-order valence-corrected chi connectivity index (χ3v) is 4.09. The lowest BCUT2D eigenvalue weighted by Crippen LogP contribution is -2.49. The van der Waals surface area contributed by atoms with E-state index in [9.17, 15) is 4.79 Å². The molecule has 2 fully saturated rings. The van der Waals surface area contributed by atoms with Gasteiger partial charge in [0.2, 0.25) is 0 Å². The van der Waals surface area contributed by atoms with Crippen molar-refractivity contribution in [2.75, 3.05) is 38.5 Å². The second kappa shape index (κ2) is 5.21. The van der Waals surface area contributed by atoms with E-state index in [1.807, 2.05) is 36.2 Å². The minimum atomic E-state index is 0.165. The zero-order chi connectivity index (χ0) is 13.2. The van der Waals surface area contributed by atoms with Crippen molar-refractivity contribution in [1.29, 1.82) is 0 Å². The smallest absolute Gasteiger partial charge is 0.253 e. The summed E-state index contributed by atoms with van der Waals surface area (Å²) in [5, 5.41) is 3.07. The molecule has 0 spiro atoms. The number of nitrogens with one attached hydrogen (secondary N) is 1. The van der Waals surface area contributed by atoms with Gasteiger partial charge in [0, 0.05) is 50.5 Å². The van der Waals surface area contributed by atoms with Crippen molar-refractivity contribution in [3.05, 3.63) is 29.8 Å². The van der Waals surface area contributed by atoms with Gasteiger partial charge >= 0.3 is 0 Å². The van der Waals surface area contributed by atoms with E-state index in [-0.39, 0.29) is 5.91 Å². The van der Waals surface area contributed by atoms with E-state index in [0.29, 0.717) is 0 Å². The van der Waals surface area contributed by atoms with Gasteiger partial charge in [-0.25, -0.2) is 0 Å². The van der Waals surface area contributed by atoms with Gasteiger partial charge < -0.3 is 10.2 Å². The van der Waals surface area contributed by atoms with Gasteiger partial charge in [0.05, 0.1) is 0 Å². The summed E-state index contributed by atoms with van der Waals surface area (Å²) in [5.41, 5.74) is 1.83. The molecule has 19 heavy (non-hydrogen) atoms. The summed E-state index contributed by atoms with van der Waals surface area (Å²) in [5.74, 6) is 0.165. The molecule has 0 aromatic heterocycles. The Kier molecular flexibility index (Phi) is 3.42. The van der Waals surface area contributed by atoms with E-state index in [1.165, 1.54) is 12.8 Å². The number of carbonyl (C=O) groups excluding carboxylic acids is 1. The number of benzene rings is 1. The maximum Gasteiger partial charge on any atom is 0.253 e. The summed E-state index contributed by atoms with van der Waals surface area (Å²) < 4.78 is 0. The Morgan fingerprint density at radius 3 is 2.26 bits per heavy atom. The average molecular weight is 259 g/mol. The number of hydrogen-bond donors (Lipinski definition) is 1. The maximum absolute atomic E-state index is 12.4. The van der Waals surface area contributed by atoms with Gasteiger partial charge in [-0.2, -0.15) is 0 Å². The van der Waals surface area contributed by atoms with Crippen LogP contribution < -0.4 is 5.32 Å². The van der Waals surface area contributed by atoms with Gasteiger partial charge in [0.25, 0.3) is 5.91 Å². The molecule has 1 amide bonds. The van der Waals surface area contributed by atoms with Gasteiger partial charge in [-0.15, -0.1) is 0 Å². The molecule has 0 radical (unpaired) electrons. The molecule has 3 rings (SSSR count). The predicted molar refractivity (Wildman–Crippen MR) is 76.5 cm³/mol. The van der Waals surface area contributed by atoms with Crippen LogP contribution in [0.4, 0.5) is 5.69 Å². The predicted octanol–water partition coefficient (Wildman–Crippen LogP) is 1.65. The molecule has 1 saturated heterocycles. The number of anilines is 1. The fourth-order valence-corrected chi connectivity index (χ4v) is 2.69. The summed E-state index contributed by atoms with van der Waals surface area (Å²) in [6, 6.07) is 8.52. The highest BCUT2D eigenvalue weighted by molar-refractivity contribution is 5.94. The molecule has 0 bridgehead atoms. The highest BCUT2D eigenvalue weighted by atomic mass is 16.2. The molecule has 2 aliphatic rings. The SMILES string of the molecule is CNc1ccc(C(=O)N2CCN(C3CC3)CC2)cc1. The van der Waals surface area contributed by atoms with Crippen LogP contribution in [-0.2, 0) is 0 Å². The molecule has 0 atom stereocenters. The first-order valence-corrected chi connectivity index (χ1v) is 7.09. The van der Waals surface area contributed by atoms with Crippen molar-refractivity contribution in [2.45, 2.75) is 18.9 Å². The van der Waals surface area contributed by atoms with E-state index >= 15 is 0 Å². The fourth-order valence-electron chi connectivity index (χ4n) is 2.69. The molecule has 1 aromatic carbocycles. The quantitative estimate of drug-likeness (QED) is 0.896. The molecule has 4 heteroatoms. The first kappa shape index (κ1) is 12.5. The third kappa shape index (κ3) is 2.73. The molecule has 1 aliphatic carbocycles. The van der Waals surface area contributed by atoms with Gasteiger partial charge in [-0.05, 0) is 37.1 Å². The topological polar surface area (TPSA) is 35.6 Å². The number of nitrogens with zero attached hydrogens (tertiary/aromatic N) is 2. The summed E-state index contributed by atoms with van der Waals surface area (Å²) in [7, 11) is 1.88. The average Bonchev–Trinajstić information content (AvgIpc) is 3.31. The Balaban J connectivity index is 1.60. The number of rotatable bonds is 3. The number of amides is 1. The first-order chi connectivity index (χ1) is 9.28. The molecular weight excluding hydrogens is 238 g/mol. The molecule has 1 heterocycles. The van der Waals surface area contributed by atoms with Gasteiger partial charge in [-0.1, -0.05) is 0 Å².